The summed E-state index contributed by atoms with van der Waals surface area (Å²) in [6.45, 7) is 4.62. The largest absolute Gasteiger partial charge is 0.368 e. The first kappa shape index (κ1) is 22.9. The Hall–Kier alpha value is -3.23. The summed E-state index contributed by atoms with van der Waals surface area (Å²) in [4.78, 5) is 21.7. The van der Waals surface area contributed by atoms with Crippen molar-refractivity contribution >= 4 is 17.7 Å². The number of piperazine rings is 1. The van der Waals surface area contributed by atoms with Gasteiger partial charge in [0.2, 0.25) is 0 Å². The Morgan fingerprint density at radius 3 is 2.55 bits per heavy atom. The summed E-state index contributed by atoms with van der Waals surface area (Å²) in [6.07, 6.45) is 7.44. The van der Waals surface area contributed by atoms with E-state index in [4.69, 9.17) is 0 Å². The number of halogens is 1. The van der Waals surface area contributed by atoms with Crippen molar-refractivity contribution in [3.63, 3.8) is 0 Å². The van der Waals surface area contributed by atoms with Gasteiger partial charge in [-0.2, -0.15) is 0 Å². The van der Waals surface area contributed by atoms with E-state index >= 15 is 0 Å². The molecule has 0 amide bonds. The van der Waals surface area contributed by atoms with E-state index in [1.165, 1.54) is 17.7 Å². The van der Waals surface area contributed by atoms with Crippen LogP contribution >= 0.6 is 0 Å². The van der Waals surface area contributed by atoms with Gasteiger partial charge in [-0.15, -0.1) is 0 Å². The molecule has 33 heavy (non-hydrogen) atoms. The summed E-state index contributed by atoms with van der Waals surface area (Å²) in [5.74, 6) is 6.27. The molecular formula is C28H30FN3O. The Kier molecular flexibility index (Phi) is 7.70. The number of likely N-dealkylation sites (N-methyl/N-ethyl adjacent to an activating group) is 1. The minimum Gasteiger partial charge on any atom is -0.368 e. The smallest absolute Gasteiger partial charge is 0.162 e. The minimum atomic E-state index is -0.275. The minimum absolute atomic E-state index is 0.152. The summed E-state index contributed by atoms with van der Waals surface area (Å²) in [5.41, 5.74) is 4.64. The molecule has 0 unspecified atom stereocenters. The predicted octanol–water partition coefficient (Wildman–Crippen LogP) is 4.73. The average Bonchev–Trinajstić information content (AvgIpc) is 3.35. The third-order valence-electron chi connectivity index (χ3n) is 6.18. The SMILES string of the molecule is CN1CCN(c2ccc(C(=O)CCCCC3=CCN=C3)cc2C#Cc2ccc(F)cc2)CC1. The maximum Gasteiger partial charge on any atom is 0.162 e. The highest BCUT2D eigenvalue weighted by Gasteiger charge is 2.18. The van der Waals surface area contributed by atoms with Gasteiger partial charge in [0.1, 0.15) is 5.82 Å². The number of hydrogen-bond donors (Lipinski definition) is 0. The molecule has 4 rings (SSSR count). The van der Waals surface area contributed by atoms with Crippen molar-refractivity contribution in [2.45, 2.75) is 25.7 Å². The first-order valence-corrected chi connectivity index (χ1v) is 11.7. The summed E-state index contributed by atoms with van der Waals surface area (Å²) in [6, 6.07) is 12.1. The van der Waals surface area contributed by atoms with Gasteiger partial charge in [0.15, 0.2) is 5.78 Å². The van der Waals surface area contributed by atoms with Crippen LogP contribution in [0.2, 0.25) is 0 Å². The molecule has 2 aromatic carbocycles. The second kappa shape index (κ2) is 11.1. The maximum atomic E-state index is 13.2. The molecule has 0 spiro atoms. The maximum absolute atomic E-state index is 13.2. The lowest BCUT2D eigenvalue weighted by molar-refractivity contribution is 0.0979. The molecule has 2 heterocycles. The van der Waals surface area contributed by atoms with Gasteiger partial charge in [0.25, 0.3) is 0 Å². The molecule has 170 valence electrons. The molecule has 5 heteroatoms. The number of aliphatic imine (C=N–C) groups is 1. The third kappa shape index (κ3) is 6.40. The lowest BCUT2D eigenvalue weighted by Crippen LogP contribution is -2.44. The van der Waals surface area contributed by atoms with Gasteiger partial charge in [-0.1, -0.05) is 17.9 Å². The van der Waals surface area contributed by atoms with Gasteiger partial charge in [-0.25, -0.2) is 4.39 Å². The molecule has 4 nitrogen and oxygen atoms in total. The van der Waals surface area contributed by atoms with Crippen molar-refractivity contribution in [1.29, 1.82) is 0 Å². The van der Waals surface area contributed by atoms with E-state index < -0.39 is 0 Å². The van der Waals surface area contributed by atoms with E-state index in [-0.39, 0.29) is 11.6 Å². The number of benzene rings is 2. The highest BCUT2D eigenvalue weighted by atomic mass is 19.1. The van der Waals surface area contributed by atoms with E-state index in [0.29, 0.717) is 12.0 Å². The van der Waals surface area contributed by atoms with Gasteiger partial charge in [0.05, 0.1) is 12.2 Å². The van der Waals surface area contributed by atoms with Crippen LogP contribution in [0.3, 0.4) is 0 Å². The zero-order valence-corrected chi connectivity index (χ0v) is 19.2. The molecule has 0 aromatic heterocycles. The highest BCUT2D eigenvalue weighted by Crippen LogP contribution is 2.24. The normalized spacial score (nSPS) is 15.8. The quantitative estimate of drug-likeness (QED) is 0.353. The second-order valence-corrected chi connectivity index (χ2v) is 8.68. The second-order valence-electron chi connectivity index (χ2n) is 8.68. The summed E-state index contributed by atoms with van der Waals surface area (Å²) in [7, 11) is 2.13. The van der Waals surface area contributed by atoms with Gasteiger partial charge < -0.3 is 9.80 Å². The number of anilines is 1. The van der Waals surface area contributed by atoms with E-state index in [9.17, 15) is 9.18 Å². The molecule has 0 N–H and O–H groups in total. The molecule has 0 bridgehead atoms. The predicted molar refractivity (Wildman–Crippen MR) is 133 cm³/mol. The van der Waals surface area contributed by atoms with Crippen molar-refractivity contribution in [3.05, 3.63) is 76.6 Å². The van der Waals surface area contributed by atoms with Crippen molar-refractivity contribution < 1.29 is 9.18 Å². The molecule has 0 saturated carbocycles. The highest BCUT2D eigenvalue weighted by molar-refractivity contribution is 5.97. The summed E-state index contributed by atoms with van der Waals surface area (Å²) < 4.78 is 13.2. The molecule has 2 aromatic rings. The van der Waals surface area contributed by atoms with Crippen molar-refractivity contribution in [3.8, 4) is 11.8 Å². The number of Topliss-reactive ketones (excluding diaryl/α,β-unsaturated/α-hetero) is 1. The van der Waals surface area contributed by atoms with Crippen molar-refractivity contribution in [2.75, 3.05) is 44.7 Å². The van der Waals surface area contributed by atoms with Crippen molar-refractivity contribution in [2.24, 2.45) is 4.99 Å². The number of allylic oxidation sites excluding steroid dienone is 1. The molecular weight excluding hydrogens is 413 g/mol. The monoisotopic (exact) mass is 443 g/mol. The number of nitrogens with zero attached hydrogens (tertiary/aromatic N) is 3. The van der Waals surface area contributed by atoms with Gasteiger partial charge in [-0.05, 0) is 74.3 Å². The number of carbonyl (C=O) groups is 1. The number of rotatable bonds is 7. The topological polar surface area (TPSA) is 35.9 Å². The molecule has 2 aliphatic rings. The van der Waals surface area contributed by atoms with Crippen LogP contribution in [0.4, 0.5) is 10.1 Å². The number of carbonyl (C=O) groups excluding carboxylic acids is 1. The Bertz CT molecular complexity index is 1100. The van der Waals surface area contributed by atoms with E-state index in [2.05, 4.69) is 39.8 Å². The fourth-order valence-corrected chi connectivity index (χ4v) is 4.12. The Labute approximate surface area is 195 Å². The first-order chi connectivity index (χ1) is 16.1. The number of hydrogen-bond acceptors (Lipinski definition) is 4. The fraction of sp³-hybridized carbons (Fsp3) is 0.357. The number of ketones is 1. The van der Waals surface area contributed by atoms with E-state index in [0.717, 1.165) is 68.8 Å². The Morgan fingerprint density at radius 1 is 1.03 bits per heavy atom. The zero-order valence-electron chi connectivity index (χ0n) is 19.2. The van der Waals surface area contributed by atoms with Crippen LogP contribution in [-0.2, 0) is 0 Å². The molecule has 2 aliphatic heterocycles. The molecule has 0 atom stereocenters. The van der Waals surface area contributed by atoms with Crippen LogP contribution in [0.15, 0.2) is 59.1 Å². The Balaban J connectivity index is 1.49. The van der Waals surface area contributed by atoms with Crippen LogP contribution in [-0.4, -0.2) is 56.7 Å². The van der Waals surface area contributed by atoms with Gasteiger partial charge in [-0.3, -0.25) is 9.79 Å². The lowest BCUT2D eigenvalue weighted by atomic mass is 9.99. The number of unbranched alkanes of at least 4 members (excludes halogenated alkanes) is 1. The standard InChI is InChI=1S/C28H30FN3O/c1-31-16-18-32(19-17-31)27-13-10-25(28(33)5-3-2-4-23-14-15-30-21-23)20-24(27)9-6-22-7-11-26(29)12-8-22/h7-8,10-14,20-21H,2-5,15-19H2,1H3. The Morgan fingerprint density at radius 2 is 1.82 bits per heavy atom. The van der Waals surface area contributed by atoms with Crippen LogP contribution in [0.1, 0.15) is 47.2 Å². The average molecular weight is 444 g/mol. The molecule has 0 aliphatic carbocycles. The lowest BCUT2D eigenvalue weighted by Gasteiger charge is -2.34. The molecule has 1 saturated heterocycles. The third-order valence-corrected chi connectivity index (χ3v) is 6.18. The van der Waals surface area contributed by atoms with E-state index in [1.807, 2.05) is 24.4 Å². The van der Waals surface area contributed by atoms with Crippen LogP contribution < -0.4 is 4.90 Å². The van der Waals surface area contributed by atoms with Crippen LogP contribution in [0.5, 0.6) is 0 Å². The van der Waals surface area contributed by atoms with Crippen LogP contribution in [0, 0.1) is 17.7 Å². The fourth-order valence-electron chi connectivity index (χ4n) is 4.12. The summed E-state index contributed by atoms with van der Waals surface area (Å²) >= 11 is 0. The first-order valence-electron chi connectivity index (χ1n) is 11.7. The van der Waals surface area contributed by atoms with E-state index in [1.54, 1.807) is 12.1 Å². The molecule has 1 fully saturated rings. The zero-order chi connectivity index (χ0) is 23.0. The van der Waals surface area contributed by atoms with Crippen LogP contribution in [0.25, 0.3) is 0 Å². The van der Waals surface area contributed by atoms with Crippen molar-refractivity contribution in [1.82, 2.24) is 4.90 Å². The molecule has 0 radical (unpaired) electrons. The van der Waals surface area contributed by atoms with Gasteiger partial charge >= 0.3 is 0 Å². The van der Waals surface area contributed by atoms with Gasteiger partial charge in [0, 0.05) is 55.5 Å². The summed E-state index contributed by atoms with van der Waals surface area (Å²) in [5, 5.41) is 0.